The molecule has 1 heterocycles. The molecular weight excluding hydrogens is 358 g/mol. The molecule has 1 atom stereocenters. The lowest BCUT2D eigenvalue weighted by molar-refractivity contribution is -0.0258. The van der Waals surface area contributed by atoms with E-state index in [2.05, 4.69) is 0 Å². The van der Waals surface area contributed by atoms with Crippen LogP contribution in [0, 0.1) is 0 Å². The zero-order valence-electron chi connectivity index (χ0n) is 14.2. The van der Waals surface area contributed by atoms with Crippen LogP contribution in [0.15, 0.2) is 59.5 Å². The van der Waals surface area contributed by atoms with Crippen molar-refractivity contribution in [1.29, 1.82) is 0 Å². The van der Waals surface area contributed by atoms with Crippen LogP contribution in [0.2, 0.25) is 0 Å². The van der Waals surface area contributed by atoms with E-state index in [-0.39, 0.29) is 16.7 Å². The Labute approximate surface area is 152 Å². The molecule has 1 saturated heterocycles. The average Bonchev–Trinajstić information content (AvgIpc) is 2.68. The molecule has 1 aliphatic heterocycles. The molecule has 0 aliphatic carbocycles. The Bertz CT molecular complexity index is 851. The summed E-state index contributed by atoms with van der Waals surface area (Å²) < 4.78 is 40.0. The Morgan fingerprint density at radius 3 is 2.46 bits per heavy atom. The highest BCUT2D eigenvalue weighted by Gasteiger charge is 2.26. The number of benzene rings is 2. The summed E-state index contributed by atoms with van der Waals surface area (Å²) in [7, 11) is -2.54. The van der Waals surface area contributed by atoms with Crippen molar-refractivity contribution in [2.45, 2.75) is 11.0 Å². The largest absolute Gasteiger partial charge is 0.453 e. The number of hydrogen-bond donors (Lipinski definition) is 0. The van der Waals surface area contributed by atoms with Crippen LogP contribution >= 0.6 is 0 Å². The molecule has 1 aliphatic rings. The molecule has 3 rings (SSSR count). The number of nitrogens with zero attached hydrogens (tertiary/aromatic N) is 1. The minimum atomic E-state index is -3.88. The van der Waals surface area contributed by atoms with Gasteiger partial charge >= 0.3 is 16.2 Å². The van der Waals surface area contributed by atoms with E-state index in [1.807, 2.05) is 0 Å². The van der Waals surface area contributed by atoms with Crippen molar-refractivity contribution in [2.75, 3.05) is 26.8 Å². The Morgan fingerprint density at radius 1 is 1.12 bits per heavy atom. The third kappa shape index (κ3) is 4.14. The Morgan fingerprint density at radius 2 is 1.81 bits per heavy atom. The van der Waals surface area contributed by atoms with Gasteiger partial charge < -0.3 is 18.6 Å². The van der Waals surface area contributed by atoms with Gasteiger partial charge in [0.15, 0.2) is 0 Å². The maximum Gasteiger partial charge on any atom is 0.409 e. The van der Waals surface area contributed by atoms with Crippen LogP contribution in [0.3, 0.4) is 0 Å². The molecule has 8 heteroatoms. The third-order valence-electron chi connectivity index (χ3n) is 3.99. The molecular formula is C18H19NO6S. The molecule has 138 valence electrons. The van der Waals surface area contributed by atoms with E-state index < -0.39 is 16.2 Å². The fourth-order valence-electron chi connectivity index (χ4n) is 2.65. The van der Waals surface area contributed by atoms with Gasteiger partial charge in [-0.1, -0.05) is 30.3 Å². The van der Waals surface area contributed by atoms with Crippen molar-refractivity contribution < 1.29 is 26.9 Å². The smallest absolute Gasteiger partial charge is 0.409 e. The summed E-state index contributed by atoms with van der Waals surface area (Å²) in [6.45, 7) is 1.25. The van der Waals surface area contributed by atoms with E-state index in [0.29, 0.717) is 19.7 Å². The lowest BCUT2D eigenvalue weighted by atomic mass is 10.1. The summed E-state index contributed by atoms with van der Waals surface area (Å²) in [5.41, 5.74) is 0.822. The molecule has 7 nitrogen and oxygen atoms in total. The van der Waals surface area contributed by atoms with Crippen LogP contribution in [0.4, 0.5) is 4.79 Å². The van der Waals surface area contributed by atoms with Gasteiger partial charge in [0.05, 0.1) is 20.3 Å². The molecule has 0 spiro atoms. The molecule has 0 saturated carbocycles. The van der Waals surface area contributed by atoms with Gasteiger partial charge in [-0.15, -0.1) is 0 Å². The quantitative estimate of drug-likeness (QED) is 0.762. The second-order valence-corrected chi connectivity index (χ2v) is 7.24. The van der Waals surface area contributed by atoms with E-state index in [1.165, 1.54) is 19.2 Å². The van der Waals surface area contributed by atoms with Crippen LogP contribution in [0.25, 0.3) is 0 Å². The fraction of sp³-hybridized carbons (Fsp3) is 0.278. The minimum absolute atomic E-state index is 0.0911. The first-order valence-corrected chi connectivity index (χ1v) is 9.44. The number of morpholine rings is 1. The molecule has 0 unspecified atom stereocenters. The number of rotatable bonds is 4. The van der Waals surface area contributed by atoms with Gasteiger partial charge in [-0.25, -0.2) is 4.79 Å². The Balaban J connectivity index is 1.70. The van der Waals surface area contributed by atoms with Crippen molar-refractivity contribution in [3.8, 4) is 5.75 Å². The van der Waals surface area contributed by atoms with Crippen LogP contribution < -0.4 is 4.18 Å². The van der Waals surface area contributed by atoms with Crippen LogP contribution in [-0.4, -0.2) is 46.2 Å². The van der Waals surface area contributed by atoms with Crippen molar-refractivity contribution in [3.63, 3.8) is 0 Å². The van der Waals surface area contributed by atoms with E-state index >= 15 is 0 Å². The summed E-state index contributed by atoms with van der Waals surface area (Å²) in [6.07, 6.45) is -0.699. The van der Waals surface area contributed by atoms with E-state index in [0.717, 1.165) is 5.56 Å². The van der Waals surface area contributed by atoms with Gasteiger partial charge in [-0.05, 0) is 29.8 Å². The second-order valence-electron chi connectivity index (χ2n) is 5.70. The predicted molar refractivity (Wildman–Crippen MR) is 93.4 cm³/mol. The van der Waals surface area contributed by atoms with Crippen molar-refractivity contribution in [3.05, 3.63) is 60.2 Å². The highest BCUT2D eigenvalue weighted by atomic mass is 32.2. The molecule has 2 aromatic carbocycles. The third-order valence-corrected chi connectivity index (χ3v) is 5.25. The number of hydrogen-bond acceptors (Lipinski definition) is 6. The number of amides is 1. The van der Waals surface area contributed by atoms with Crippen LogP contribution in [0.1, 0.15) is 11.7 Å². The molecule has 0 aromatic heterocycles. The standard InChI is InChI=1S/C18H19NO6S/c1-23-18(20)19-11-12-24-17(13-19)14-7-9-15(10-8-14)25-26(21,22)16-5-3-2-4-6-16/h2-10,17H,11-13H2,1H3/t17-/m0/s1. The van der Waals surface area contributed by atoms with Gasteiger partial charge in [0.2, 0.25) is 0 Å². The van der Waals surface area contributed by atoms with Gasteiger partial charge in [-0.2, -0.15) is 8.42 Å². The molecule has 1 amide bonds. The van der Waals surface area contributed by atoms with Crippen LogP contribution in [-0.2, 0) is 19.6 Å². The lowest BCUT2D eigenvalue weighted by Crippen LogP contribution is -2.42. The molecule has 0 radical (unpaired) electrons. The Kier molecular flexibility index (Phi) is 5.43. The zero-order chi connectivity index (χ0) is 18.6. The number of ether oxygens (including phenoxy) is 2. The molecule has 2 aromatic rings. The maximum atomic E-state index is 12.2. The summed E-state index contributed by atoms with van der Waals surface area (Å²) in [4.78, 5) is 13.3. The maximum absolute atomic E-state index is 12.2. The normalized spacial score (nSPS) is 17.6. The Hall–Kier alpha value is -2.58. The first-order chi connectivity index (χ1) is 12.5. The van der Waals surface area contributed by atoms with Crippen molar-refractivity contribution >= 4 is 16.2 Å². The zero-order valence-corrected chi connectivity index (χ0v) is 15.0. The van der Waals surface area contributed by atoms with Gasteiger partial charge in [0.25, 0.3) is 0 Å². The summed E-state index contributed by atoms with van der Waals surface area (Å²) >= 11 is 0. The van der Waals surface area contributed by atoms with Crippen molar-refractivity contribution in [2.24, 2.45) is 0 Å². The van der Waals surface area contributed by atoms with Crippen molar-refractivity contribution in [1.82, 2.24) is 4.90 Å². The fourth-order valence-corrected chi connectivity index (χ4v) is 3.60. The average molecular weight is 377 g/mol. The number of carbonyl (C=O) groups is 1. The second kappa shape index (κ2) is 7.76. The van der Waals surface area contributed by atoms with Gasteiger partial charge in [-0.3, -0.25) is 0 Å². The number of methoxy groups -OCH3 is 1. The lowest BCUT2D eigenvalue weighted by Gasteiger charge is -2.32. The molecule has 0 bridgehead atoms. The van der Waals surface area contributed by atoms with Gasteiger partial charge in [0, 0.05) is 6.54 Å². The predicted octanol–water partition coefficient (Wildman–Crippen LogP) is 2.59. The first-order valence-electron chi connectivity index (χ1n) is 8.03. The topological polar surface area (TPSA) is 82.1 Å². The first kappa shape index (κ1) is 18.2. The summed E-state index contributed by atoms with van der Waals surface area (Å²) in [5, 5.41) is 0. The van der Waals surface area contributed by atoms with Crippen LogP contribution in [0.5, 0.6) is 5.75 Å². The number of carbonyl (C=O) groups excluding carboxylic acids is 1. The molecule has 26 heavy (non-hydrogen) atoms. The van der Waals surface area contributed by atoms with E-state index in [9.17, 15) is 13.2 Å². The van der Waals surface area contributed by atoms with E-state index in [4.69, 9.17) is 13.7 Å². The minimum Gasteiger partial charge on any atom is -0.453 e. The molecule has 1 fully saturated rings. The van der Waals surface area contributed by atoms with E-state index in [1.54, 1.807) is 47.4 Å². The van der Waals surface area contributed by atoms with Gasteiger partial charge in [0.1, 0.15) is 16.7 Å². The highest BCUT2D eigenvalue weighted by Crippen LogP contribution is 2.26. The summed E-state index contributed by atoms with van der Waals surface area (Å²) in [5.74, 6) is 0.207. The summed E-state index contributed by atoms with van der Waals surface area (Å²) in [6, 6.07) is 14.5. The monoisotopic (exact) mass is 377 g/mol. The molecule has 0 N–H and O–H groups in total. The SMILES string of the molecule is COC(=O)N1CCO[C@H](c2ccc(OS(=O)(=O)c3ccccc3)cc2)C1. The highest BCUT2D eigenvalue weighted by molar-refractivity contribution is 7.87.